The van der Waals surface area contributed by atoms with Gasteiger partial charge in [-0.3, -0.25) is 4.79 Å². The molecule has 1 aliphatic rings. The van der Waals surface area contributed by atoms with Crippen LogP contribution in [0.2, 0.25) is 0 Å². The first-order valence-electron chi connectivity index (χ1n) is 7.66. The molecule has 0 spiro atoms. The topological polar surface area (TPSA) is 98.7 Å². The quantitative estimate of drug-likeness (QED) is 0.664. The number of benzene rings is 1. The summed E-state index contributed by atoms with van der Waals surface area (Å²) in [6.45, 7) is -0.0280. The maximum absolute atomic E-state index is 13.1. The third-order valence-electron chi connectivity index (χ3n) is 4.10. The van der Waals surface area contributed by atoms with E-state index in [-0.39, 0.29) is 18.5 Å². The summed E-state index contributed by atoms with van der Waals surface area (Å²) in [7, 11) is 0. The Labute approximate surface area is 133 Å². The summed E-state index contributed by atoms with van der Waals surface area (Å²) >= 11 is 0. The molecule has 0 aromatic heterocycles. The Kier molecular flexibility index (Phi) is 5.92. The lowest BCUT2D eigenvalue weighted by Crippen LogP contribution is -2.45. The van der Waals surface area contributed by atoms with Crippen LogP contribution in [0.15, 0.2) is 24.3 Å². The molecule has 1 aromatic carbocycles. The highest BCUT2D eigenvalue weighted by molar-refractivity contribution is 5.74. The summed E-state index contributed by atoms with van der Waals surface area (Å²) in [4.78, 5) is 22.7. The Balaban J connectivity index is 1.72. The van der Waals surface area contributed by atoms with E-state index in [1.165, 1.54) is 18.2 Å². The molecule has 0 saturated heterocycles. The van der Waals surface area contributed by atoms with Crippen LogP contribution in [0.1, 0.15) is 37.4 Å². The first-order valence-corrected chi connectivity index (χ1v) is 7.66. The van der Waals surface area contributed by atoms with Gasteiger partial charge in [-0.15, -0.1) is 0 Å². The number of aliphatic carboxylic acids is 1. The zero-order valence-corrected chi connectivity index (χ0v) is 12.7. The summed E-state index contributed by atoms with van der Waals surface area (Å²) < 4.78 is 13.1. The standard InChI is InChI=1S/C16H21FN2O4/c17-12-3-1-2-11(8-12)14(20)9-18-16(23)19-13-6-4-10(5-7-13)15(21)22/h1-3,8,10,13-14,20H,4-7,9H2,(H,21,22)(H2,18,19,23). The molecule has 23 heavy (non-hydrogen) atoms. The highest BCUT2D eigenvalue weighted by atomic mass is 19.1. The average Bonchev–Trinajstić information content (AvgIpc) is 2.53. The molecule has 0 radical (unpaired) electrons. The molecule has 4 N–H and O–H groups in total. The summed E-state index contributed by atoms with van der Waals surface area (Å²) in [6, 6.07) is 5.10. The Morgan fingerprint density at radius 3 is 2.57 bits per heavy atom. The predicted molar refractivity (Wildman–Crippen MR) is 81.3 cm³/mol. The van der Waals surface area contributed by atoms with Crippen LogP contribution in [0.5, 0.6) is 0 Å². The number of aliphatic hydroxyl groups excluding tert-OH is 1. The van der Waals surface area contributed by atoms with Crippen LogP contribution < -0.4 is 10.6 Å². The summed E-state index contributed by atoms with van der Waals surface area (Å²) in [5.41, 5.74) is 0.396. The maximum atomic E-state index is 13.1. The summed E-state index contributed by atoms with van der Waals surface area (Å²) in [6.07, 6.45) is 1.35. The second-order valence-electron chi connectivity index (χ2n) is 5.81. The molecule has 1 unspecified atom stereocenters. The van der Waals surface area contributed by atoms with Gasteiger partial charge in [0.25, 0.3) is 0 Å². The summed E-state index contributed by atoms with van der Waals surface area (Å²) in [5, 5.41) is 24.2. The third-order valence-corrected chi connectivity index (χ3v) is 4.10. The van der Waals surface area contributed by atoms with Crippen LogP contribution in [0.4, 0.5) is 9.18 Å². The molecule has 1 aromatic rings. The highest BCUT2D eigenvalue weighted by Crippen LogP contribution is 2.24. The molecule has 126 valence electrons. The lowest BCUT2D eigenvalue weighted by molar-refractivity contribution is -0.142. The van der Waals surface area contributed by atoms with E-state index >= 15 is 0 Å². The van der Waals surface area contributed by atoms with Gasteiger partial charge in [0.2, 0.25) is 0 Å². The van der Waals surface area contributed by atoms with Crippen LogP contribution in [-0.2, 0) is 4.79 Å². The predicted octanol–water partition coefficient (Wildman–Crippen LogP) is 1.80. The zero-order chi connectivity index (χ0) is 16.8. The molecule has 1 saturated carbocycles. The number of hydrogen-bond donors (Lipinski definition) is 4. The fraction of sp³-hybridized carbons (Fsp3) is 0.500. The fourth-order valence-corrected chi connectivity index (χ4v) is 2.74. The number of amides is 2. The first-order chi connectivity index (χ1) is 11.0. The van der Waals surface area contributed by atoms with Crippen molar-refractivity contribution >= 4 is 12.0 Å². The number of rotatable bonds is 5. The van der Waals surface area contributed by atoms with Gasteiger partial charge >= 0.3 is 12.0 Å². The minimum atomic E-state index is -0.987. The molecule has 7 heteroatoms. The number of nitrogens with one attached hydrogen (secondary N) is 2. The SMILES string of the molecule is O=C(NCC(O)c1cccc(F)c1)NC1CCC(C(=O)O)CC1. The van der Waals surface area contributed by atoms with Crippen LogP contribution in [-0.4, -0.2) is 34.8 Å². The van der Waals surface area contributed by atoms with E-state index in [2.05, 4.69) is 10.6 Å². The van der Waals surface area contributed by atoms with Crippen LogP contribution in [0, 0.1) is 11.7 Å². The molecule has 1 atom stereocenters. The smallest absolute Gasteiger partial charge is 0.315 e. The van der Waals surface area contributed by atoms with E-state index in [1.54, 1.807) is 6.07 Å². The number of carbonyl (C=O) groups excluding carboxylic acids is 1. The summed E-state index contributed by atoms with van der Waals surface area (Å²) in [5.74, 6) is -1.56. The van der Waals surface area contributed by atoms with Gasteiger partial charge in [-0.1, -0.05) is 12.1 Å². The van der Waals surface area contributed by atoms with Gasteiger partial charge in [-0.05, 0) is 43.4 Å². The maximum Gasteiger partial charge on any atom is 0.315 e. The van der Waals surface area contributed by atoms with Crippen molar-refractivity contribution in [3.05, 3.63) is 35.6 Å². The van der Waals surface area contributed by atoms with Gasteiger partial charge in [0, 0.05) is 12.6 Å². The lowest BCUT2D eigenvalue weighted by atomic mass is 9.86. The molecule has 0 bridgehead atoms. The number of aliphatic hydroxyl groups is 1. The van der Waals surface area contributed by atoms with Crippen molar-refractivity contribution in [3.8, 4) is 0 Å². The van der Waals surface area contributed by atoms with Crippen molar-refractivity contribution in [2.75, 3.05) is 6.54 Å². The molecule has 1 fully saturated rings. The van der Waals surface area contributed by atoms with E-state index in [4.69, 9.17) is 5.11 Å². The molecule has 6 nitrogen and oxygen atoms in total. The number of carboxylic acid groups (broad SMARTS) is 1. The Hall–Kier alpha value is -2.15. The van der Waals surface area contributed by atoms with E-state index in [0.29, 0.717) is 31.2 Å². The Morgan fingerprint density at radius 1 is 1.26 bits per heavy atom. The molecule has 1 aliphatic carbocycles. The normalized spacial score (nSPS) is 22.2. The highest BCUT2D eigenvalue weighted by Gasteiger charge is 2.26. The van der Waals surface area contributed by atoms with Crippen molar-refractivity contribution in [3.63, 3.8) is 0 Å². The lowest BCUT2D eigenvalue weighted by Gasteiger charge is -2.27. The second kappa shape index (κ2) is 7.92. The number of carbonyl (C=O) groups is 2. The molecular weight excluding hydrogens is 303 g/mol. The fourth-order valence-electron chi connectivity index (χ4n) is 2.74. The minimum Gasteiger partial charge on any atom is -0.481 e. The van der Waals surface area contributed by atoms with Crippen LogP contribution in [0.3, 0.4) is 0 Å². The van der Waals surface area contributed by atoms with E-state index in [9.17, 15) is 19.1 Å². The zero-order valence-electron chi connectivity index (χ0n) is 12.7. The van der Waals surface area contributed by atoms with Gasteiger partial charge in [-0.25, -0.2) is 9.18 Å². The van der Waals surface area contributed by atoms with Gasteiger partial charge in [0.1, 0.15) is 5.82 Å². The van der Waals surface area contributed by atoms with Crippen LogP contribution >= 0.6 is 0 Å². The van der Waals surface area contributed by atoms with Crippen molar-refractivity contribution in [2.45, 2.75) is 37.8 Å². The second-order valence-corrected chi connectivity index (χ2v) is 5.81. The van der Waals surface area contributed by atoms with Crippen molar-refractivity contribution in [1.82, 2.24) is 10.6 Å². The third kappa shape index (κ3) is 5.21. The Bertz CT molecular complexity index is 559. The number of urea groups is 1. The molecular formula is C16H21FN2O4. The number of carboxylic acids is 1. The number of hydrogen-bond acceptors (Lipinski definition) is 3. The van der Waals surface area contributed by atoms with Gasteiger partial charge in [-0.2, -0.15) is 0 Å². The molecule has 0 aliphatic heterocycles. The van der Waals surface area contributed by atoms with Crippen molar-refractivity contribution in [1.29, 1.82) is 0 Å². The van der Waals surface area contributed by atoms with Gasteiger partial charge in [0.15, 0.2) is 0 Å². The van der Waals surface area contributed by atoms with Crippen LogP contribution in [0.25, 0.3) is 0 Å². The van der Waals surface area contributed by atoms with E-state index in [1.807, 2.05) is 0 Å². The number of halogens is 1. The molecule has 2 amide bonds. The Morgan fingerprint density at radius 2 is 1.96 bits per heavy atom. The van der Waals surface area contributed by atoms with Crippen molar-refractivity contribution in [2.24, 2.45) is 5.92 Å². The first kappa shape index (κ1) is 17.2. The minimum absolute atomic E-state index is 0.0280. The van der Waals surface area contributed by atoms with E-state index < -0.39 is 23.9 Å². The van der Waals surface area contributed by atoms with Gasteiger partial charge < -0.3 is 20.8 Å². The largest absolute Gasteiger partial charge is 0.481 e. The van der Waals surface area contributed by atoms with Gasteiger partial charge in [0.05, 0.1) is 12.0 Å². The van der Waals surface area contributed by atoms with E-state index in [0.717, 1.165) is 0 Å². The van der Waals surface area contributed by atoms with Crippen molar-refractivity contribution < 1.29 is 24.2 Å². The average molecular weight is 324 g/mol. The monoisotopic (exact) mass is 324 g/mol. The molecule has 2 rings (SSSR count). The molecule has 0 heterocycles.